The van der Waals surface area contributed by atoms with E-state index in [2.05, 4.69) is 25.3 Å². The third-order valence-corrected chi connectivity index (χ3v) is 3.53. The summed E-state index contributed by atoms with van der Waals surface area (Å²) in [7, 11) is 5.41. The molecule has 0 spiro atoms. The Morgan fingerprint density at radius 3 is 2.62 bits per heavy atom. The Hall–Kier alpha value is -1.20. The van der Waals surface area contributed by atoms with Crippen LogP contribution in [0.5, 0.6) is 5.75 Å². The number of hydrogen-bond donors (Lipinski definition) is 2. The number of methoxy groups -OCH3 is 1. The van der Waals surface area contributed by atoms with Crippen molar-refractivity contribution in [3.63, 3.8) is 0 Å². The molecule has 0 atom stereocenters. The van der Waals surface area contributed by atoms with E-state index in [9.17, 15) is 8.78 Å². The van der Waals surface area contributed by atoms with Crippen LogP contribution >= 0.6 is 24.0 Å². The van der Waals surface area contributed by atoms with E-state index >= 15 is 0 Å². The molecule has 0 aliphatic heterocycles. The molecule has 0 saturated carbocycles. The Balaban J connectivity index is 0.00000625. The fourth-order valence-electron chi connectivity index (χ4n) is 2.22. The van der Waals surface area contributed by atoms with Crippen LogP contribution in [0.1, 0.15) is 12.0 Å². The summed E-state index contributed by atoms with van der Waals surface area (Å²) >= 11 is 0. The molecule has 0 saturated heterocycles. The Morgan fingerprint density at radius 2 is 1.96 bits per heavy atom. The Kier molecular flexibility index (Phi) is 14.2. The van der Waals surface area contributed by atoms with E-state index in [1.54, 1.807) is 32.4 Å². The second-order valence-electron chi connectivity index (χ2n) is 5.49. The SMILES string of the molecule is CN=C(NCCN(C)CCCOC)NCc1ccccc1OC(F)F.I. The van der Waals surface area contributed by atoms with Gasteiger partial charge in [0.15, 0.2) is 5.96 Å². The van der Waals surface area contributed by atoms with Crippen molar-refractivity contribution in [1.29, 1.82) is 0 Å². The van der Waals surface area contributed by atoms with Crippen LogP contribution in [-0.2, 0) is 11.3 Å². The maximum absolute atomic E-state index is 12.4. The zero-order chi connectivity index (χ0) is 18.5. The normalized spacial score (nSPS) is 11.4. The number of alkyl halides is 2. The van der Waals surface area contributed by atoms with Gasteiger partial charge in [-0.25, -0.2) is 0 Å². The average molecular weight is 486 g/mol. The summed E-state index contributed by atoms with van der Waals surface area (Å²) in [4.78, 5) is 6.33. The summed E-state index contributed by atoms with van der Waals surface area (Å²) in [5.41, 5.74) is 0.641. The van der Waals surface area contributed by atoms with Gasteiger partial charge >= 0.3 is 6.61 Å². The monoisotopic (exact) mass is 486 g/mol. The molecule has 0 amide bonds. The summed E-state index contributed by atoms with van der Waals surface area (Å²) in [6.45, 7) is 0.786. The van der Waals surface area contributed by atoms with Gasteiger partial charge in [0, 0.05) is 52.5 Å². The fraction of sp³-hybridized carbons (Fsp3) is 0.588. The number of ether oxygens (including phenoxy) is 2. The molecule has 1 aromatic rings. The van der Waals surface area contributed by atoms with Gasteiger partial charge in [0.1, 0.15) is 5.75 Å². The highest BCUT2D eigenvalue weighted by molar-refractivity contribution is 14.0. The van der Waals surface area contributed by atoms with Gasteiger partial charge in [-0.15, -0.1) is 24.0 Å². The lowest BCUT2D eigenvalue weighted by molar-refractivity contribution is -0.0504. The van der Waals surface area contributed by atoms with E-state index in [1.807, 2.05) is 7.05 Å². The lowest BCUT2D eigenvalue weighted by Gasteiger charge is -2.18. The average Bonchev–Trinajstić information content (AvgIpc) is 2.59. The smallest absolute Gasteiger partial charge is 0.387 e. The standard InChI is InChI=1S/C17H28F2N4O2.HI/c1-20-17(21-9-11-23(2)10-6-12-24-3)22-13-14-7-4-5-8-15(14)25-16(18)19;/h4-5,7-8,16H,6,9-13H2,1-3H3,(H2,20,21,22);1H. The van der Waals surface area contributed by atoms with Crippen LogP contribution in [0.3, 0.4) is 0 Å². The van der Waals surface area contributed by atoms with Crippen molar-refractivity contribution in [3.05, 3.63) is 29.8 Å². The molecule has 2 N–H and O–H groups in total. The molecule has 0 fully saturated rings. The molecule has 0 aromatic heterocycles. The number of benzene rings is 1. The predicted octanol–water partition coefficient (Wildman–Crippen LogP) is 2.54. The van der Waals surface area contributed by atoms with E-state index in [1.165, 1.54) is 6.07 Å². The first-order chi connectivity index (χ1) is 12.1. The third-order valence-electron chi connectivity index (χ3n) is 3.53. The van der Waals surface area contributed by atoms with Gasteiger partial charge in [-0.3, -0.25) is 4.99 Å². The molecule has 0 aliphatic rings. The topological polar surface area (TPSA) is 58.1 Å². The quantitative estimate of drug-likeness (QED) is 0.218. The number of para-hydroxylation sites is 1. The Bertz CT molecular complexity index is 521. The maximum atomic E-state index is 12.4. The van der Waals surface area contributed by atoms with E-state index in [-0.39, 0.29) is 29.7 Å². The van der Waals surface area contributed by atoms with Crippen molar-refractivity contribution >= 4 is 29.9 Å². The van der Waals surface area contributed by atoms with Crippen LogP contribution in [0.25, 0.3) is 0 Å². The zero-order valence-corrected chi connectivity index (χ0v) is 17.8. The van der Waals surface area contributed by atoms with Crippen molar-refractivity contribution in [2.45, 2.75) is 19.6 Å². The molecule has 0 radical (unpaired) electrons. The van der Waals surface area contributed by atoms with Crippen molar-refractivity contribution < 1.29 is 18.3 Å². The molecular weight excluding hydrogens is 457 g/mol. The Labute approximate surface area is 171 Å². The highest BCUT2D eigenvalue weighted by atomic mass is 127. The molecular formula is C17H29F2IN4O2. The minimum absolute atomic E-state index is 0. The first kappa shape index (κ1) is 24.8. The van der Waals surface area contributed by atoms with Crippen LogP contribution < -0.4 is 15.4 Å². The summed E-state index contributed by atoms with van der Waals surface area (Å²) < 4.78 is 34.4. The maximum Gasteiger partial charge on any atom is 0.387 e. The van der Waals surface area contributed by atoms with Gasteiger partial charge in [-0.1, -0.05) is 18.2 Å². The van der Waals surface area contributed by atoms with Gasteiger partial charge in [0.05, 0.1) is 0 Å². The Morgan fingerprint density at radius 1 is 1.23 bits per heavy atom. The van der Waals surface area contributed by atoms with Crippen LogP contribution in [0, 0.1) is 0 Å². The highest BCUT2D eigenvalue weighted by Gasteiger charge is 2.09. The van der Waals surface area contributed by atoms with E-state index in [0.717, 1.165) is 32.7 Å². The molecule has 26 heavy (non-hydrogen) atoms. The van der Waals surface area contributed by atoms with E-state index < -0.39 is 6.61 Å². The summed E-state index contributed by atoms with van der Waals surface area (Å²) in [6, 6.07) is 6.70. The number of likely N-dealkylation sites (N-methyl/N-ethyl adjacent to an activating group) is 1. The number of nitrogens with one attached hydrogen (secondary N) is 2. The lowest BCUT2D eigenvalue weighted by Crippen LogP contribution is -2.40. The first-order valence-corrected chi connectivity index (χ1v) is 8.21. The van der Waals surface area contributed by atoms with Crippen LogP contribution in [-0.4, -0.2) is 64.9 Å². The second-order valence-corrected chi connectivity index (χ2v) is 5.49. The van der Waals surface area contributed by atoms with Gasteiger partial charge in [-0.05, 0) is 19.5 Å². The van der Waals surface area contributed by atoms with Gasteiger partial charge in [0.25, 0.3) is 0 Å². The molecule has 0 bridgehead atoms. The molecule has 0 heterocycles. The highest BCUT2D eigenvalue weighted by Crippen LogP contribution is 2.19. The van der Waals surface area contributed by atoms with Gasteiger partial charge in [0.2, 0.25) is 0 Å². The molecule has 0 aliphatic carbocycles. The third kappa shape index (κ3) is 10.7. The van der Waals surface area contributed by atoms with Crippen LogP contribution in [0.4, 0.5) is 8.78 Å². The number of guanidine groups is 1. The van der Waals surface area contributed by atoms with Gasteiger partial charge in [-0.2, -0.15) is 8.78 Å². The van der Waals surface area contributed by atoms with E-state index in [0.29, 0.717) is 18.1 Å². The number of rotatable bonds is 11. The first-order valence-electron chi connectivity index (χ1n) is 8.21. The van der Waals surface area contributed by atoms with Crippen LogP contribution in [0.2, 0.25) is 0 Å². The van der Waals surface area contributed by atoms with E-state index in [4.69, 9.17) is 4.74 Å². The zero-order valence-electron chi connectivity index (χ0n) is 15.5. The summed E-state index contributed by atoms with van der Waals surface area (Å²) in [5.74, 6) is 0.774. The predicted molar refractivity (Wildman–Crippen MR) is 111 cm³/mol. The molecule has 6 nitrogen and oxygen atoms in total. The number of aliphatic imine (C=N–C) groups is 1. The second kappa shape index (κ2) is 14.9. The number of nitrogens with zero attached hydrogens (tertiary/aromatic N) is 2. The van der Waals surface area contributed by atoms with Crippen LogP contribution in [0.15, 0.2) is 29.3 Å². The van der Waals surface area contributed by atoms with Crippen molar-refractivity contribution in [2.75, 3.05) is 47.4 Å². The van der Waals surface area contributed by atoms with Gasteiger partial charge < -0.3 is 25.0 Å². The van der Waals surface area contributed by atoms with Crippen molar-refractivity contribution in [2.24, 2.45) is 4.99 Å². The minimum atomic E-state index is -2.84. The molecule has 150 valence electrons. The number of halogens is 3. The molecule has 1 rings (SSSR count). The largest absolute Gasteiger partial charge is 0.434 e. The molecule has 1 aromatic carbocycles. The van der Waals surface area contributed by atoms with Crippen molar-refractivity contribution in [3.8, 4) is 5.75 Å². The van der Waals surface area contributed by atoms with Crippen molar-refractivity contribution in [1.82, 2.24) is 15.5 Å². The fourth-order valence-corrected chi connectivity index (χ4v) is 2.22. The summed E-state index contributed by atoms with van der Waals surface area (Å²) in [5, 5.41) is 6.30. The molecule has 0 unspecified atom stereocenters. The number of hydrogen-bond acceptors (Lipinski definition) is 4. The molecule has 9 heteroatoms. The minimum Gasteiger partial charge on any atom is -0.434 e. The lowest BCUT2D eigenvalue weighted by atomic mass is 10.2. The summed E-state index contributed by atoms with van der Waals surface area (Å²) in [6.07, 6.45) is 0.987.